The van der Waals surface area contributed by atoms with E-state index in [1.165, 1.54) is 10.4 Å². The highest BCUT2D eigenvalue weighted by molar-refractivity contribution is 7.10. The third kappa shape index (κ3) is 3.77. The molecule has 1 aromatic carbocycles. The fourth-order valence-electron chi connectivity index (χ4n) is 3.03. The quantitative estimate of drug-likeness (QED) is 0.904. The van der Waals surface area contributed by atoms with Crippen LogP contribution in [-0.4, -0.2) is 23.4 Å². The highest BCUT2D eigenvalue weighted by Gasteiger charge is 2.30. The van der Waals surface area contributed by atoms with E-state index in [2.05, 4.69) is 21.7 Å². The number of hydrogen-bond donors (Lipinski definition) is 1. The standard InChI is InChI=1S/C18H21ClN2OS/c1-12(2)20-18(22)17(13-3-5-15(19)6-4-13)21-9-7-16-14(11-21)8-10-23-16/h3-6,8,10,12,17H,7,9,11H2,1-2H3,(H,20,22). The molecular weight excluding hydrogens is 328 g/mol. The van der Waals surface area contributed by atoms with E-state index in [0.717, 1.165) is 25.1 Å². The van der Waals surface area contributed by atoms with Crippen molar-refractivity contribution in [2.45, 2.75) is 38.9 Å². The topological polar surface area (TPSA) is 32.3 Å². The number of carbonyl (C=O) groups excluding carboxylic acids is 1. The van der Waals surface area contributed by atoms with Gasteiger partial charge in [-0.2, -0.15) is 0 Å². The first-order valence-corrected chi connectivity index (χ1v) is 9.15. The molecule has 1 unspecified atom stereocenters. The van der Waals surface area contributed by atoms with Crippen LogP contribution in [0.5, 0.6) is 0 Å². The zero-order valence-electron chi connectivity index (χ0n) is 13.4. The van der Waals surface area contributed by atoms with Gasteiger partial charge in [0.05, 0.1) is 0 Å². The number of nitrogens with zero attached hydrogens (tertiary/aromatic N) is 1. The van der Waals surface area contributed by atoms with Crippen LogP contribution in [0, 0.1) is 0 Å². The summed E-state index contributed by atoms with van der Waals surface area (Å²) in [6.07, 6.45) is 1.01. The third-order valence-corrected chi connectivity index (χ3v) is 5.34. The van der Waals surface area contributed by atoms with Gasteiger partial charge in [0.2, 0.25) is 5.91 Å². The summed E-state index contributed by atoms with van der Waals surface area (Å²) < 4.78 is 0. The van der Waals surface area contributed by atoms with E-state index < -0.39 is 0 Å². The maximum atomic E-state index is 12.8. The minimum Gasteiger partial charge on any atom is -0.352 e. The van der Waals surface area contributed by atoms with E-state index >= 15 is 0 Å². The Labute approximate surface area is 146 Å². The Morgan fingerprint density at radius 1 is 1.26 bits per heavy atom. The summed E-state index contributed by atoms with van der Waals surface area (Å²) in [5, 5.41) is 5.89. The molecule has 122 valence electrons. The normalized spacial score (nSPS) is 16.2. The molecule has 1 amide bonds. The zero-order chi connectivity index (χ0) is 16.4. The van der Waals surface area contributed by atoms with Crippen LogP contribution in [0.15, 0.2) is 35.7 Å². The predicted octanol–water partition coefficient (Wildman–Crippen LogP) is 4.03. The minimum absolute atomic E-state index is 0.0565. The molecule has 0 aliphatic carbocycles. The second kappa shape index (κ2) is 7.04. The summed E-state index contributed by atoms with van der Waals surface area (Å²) in [6.45, 7) is 5.69. The zero-order valence-corrected chi connectivity index (χ0v) is 15.0. The van der Waals surface area contributed by atoms with Crippen molar-refractivity contribution in [1.82, 2.24) is 10.2 Å². The van der Waals surface area contributed by atoms with Crippen LogP contribution in [0.3, 0.4) is 0 Å². The number of benzene rings is 1. The molecule has 2 aromatic rings. The highest BCUT2D eigenvalue weighted by Crippen LogP contribution is 2.31. The lowest BCUT2D eigenvalue weighted by molar-refractivity contribution is -0.127. The van der Waals surface area contributed by atoms with E-state index in [0.29, 0.717) is 5.02 Å². The smallest absolute Gasteiger partial charge is 0.242 e. The summed E-state index contributed by atoms with van der Waals surface area (Å²) in [5.41, 5.74) is 2.34. The molecule has 0 saturated heterocycles. The van der Waals surface area contributed by atoms with Gasteiger partial charge < -0.3 is 5.32 Å². The molecule has 23 heavy (non-hydrogen) atoms. The van der Waals surface area contributed by atoms with Crippen LogP contribution >= 0.6 is 22.9 Å². The van der Waals surface area contributed by atoms with Gasteiger partial charge in [0.25, 0.3) is 0 Å². The molecule has 2 heterocycles. The van der Waals surface area contributed by atoms with E-state index in [1.807, 2.05) is 49.4 Å². The second-order valence-electron chi connectivity index (χ2n) is 6.21. The average molecular weight is 349 g/mol. The predicted molar refractivity (Wildman–Crippen MR) is 95.9 cm³/mol. The van der Waals surface area contributed by atoms with E-state index in [9.17, 15) is 4.79 Å². The molecular formula is C18H21ClN2OS. The van der Waals surface area contributed by atoms with Crippen molar-refractivity contribution in [3.05, 3.63) is 56.7 Å². The van der Waals surface area contributed by atoms with E-state index in [1.54, 1.807) is 0 Å². The number of fused-ring (bicyclic) bond motifs is 1. The summed E-state index contributed by atoms with van der Waals surface area (Å²) in [5.74, 6) is 0.0565. The van der Waals surface area contributed by atoms with Gasteiger partial charge in [0.15, 0.2) is 0 Å². The number of hydrogen-bond acceptors (Lipinski definition) is 3. The van der Waals surface area contributed by atoms with Crippen molar-refractivity contribution in [2.24, 2.45) is 0 Å². The molecule has 3 nitrogen and oxygen atoms in total. The lowest BCUT2D eigenvalue weighted by Gasteiger charge is -2.34. The number of halogens is 1. The highest BCUT2D eigenvalue weighted by atomic mass is 35.5. The Hall–Kier alpha value is -1.36. The first-order chi connectivity index (χ1) is 11.0. The van der Waals surface area contributed by atoms with Crippen molar-refractivity contribution in [3.63, 3.8) is 0 Å². The van der Waals surface area contributed by atoms with Crippen molar-refractivity contribution >= 4 is 28.8 Å². The fourth-order valence-corrected chi connectivity index (χ4v) is 4.04. The molecule has 0 spiro atoms. The van der Waals surface area contributed by atoms with Crippen molar-refractivity contribution < 1.29 is 4.79 Å². The molecule has 0 radical (unpaired) electrons. The van der Waals surface area contributed by atoms with Gasteiger partial charge in [-0.05, 0) is 55.0 Å². The summed E-state index contributed by atoms with van der Waals surface area (Å²) in [6, 6.07) is 9.64. The van der Waals surface area contributed by atoms with Gasteiger partial charge in [0, 0.05) is 29.0 Å². The molecule has 0 saturated carbocycles. The summed E-state index contributed by atoms with van der Waals surface area (Å²) in [7, 11) is 0. The van der Waals surface area contributed by atoms with Crippen LogP contribution < -0.4 is 5.32 Å². The molecule has 1 aliphatic heterocycles. The molecule has 0 fully saturated rings. The SMILES string of the molecule is CC(C)NC(=O)C(c1ccc(Cl)cc1)N1CCc2sccc2C1. The van der Waals surface area contributed by atoms with Gasteiger partial charge in [-0.25, -0.2) is 0 Å². The van der Waals surface area contributed by atoms with Crippen LogP contribution in [0.4, 0.5) is 0 Å². The maximum absolute atomic E-state index is 12.8. The molecule has 1 N–H and O–H groups in total. The molecule has 0 bridgehead atoms. The largest absolute Gasteiger partial charge is 0.352 e. The fraction of sp³-hybridized carbons (Fsp3) is 0.389. The van der Waals surface area contributed by atoms with Crippen molar-refractivity contribution in [1.29, 1.82) is 0 Å². The van der Waals surface area contributed by atoms with Gasteiger partial charge in [-0.3, -0.25) is 9.69 Å². The molecule has 1 aliphatic rings. The molecule has 1 atom stereocenters. The molecule has 5 heteroatoms. The van der Waals surface area contributed by atoms with E-state index in [4.69, 9.17) is 11.6 Å². The Bertz CT molecular complexity index is 681. The molecule has 1 aromatic heterocycles. The summed E-state index contributed by atoms with van der Waals surface area (Å²) >= 11 is 7.82. The average Bonchev–Trinajstić information content (AvgIpc) is 2.96. The Morgan fingerprint density at radius 3 is 2.70 bits per heavy atom. The number of nitrogens with one attached hydrogen (secondary N) is 1. The third-order valence-electron chi connectivity index (χ3n) is 4.07. The number of thiophene rings is 1. The molecule has 3 rings (SSSR count). The lowest BCUT2D eigenvalue weighted by Crippen LogP contribution is -2.44. The van der Waals surface area contributed by atoms with Crippen molar-refractivity contribution in [3.8, 4) is 0 Å². The van der Waals surface area contributed by atoms with Crippen LogP contribution in [0.2, 0.25) is 5.02 Å². The van der Waals surface area contributed by atoms with E-state index in [-0.39, 0.29) is 18.0 Å². The maximum Gasteiger partial charge on any atom is 0.242 e. The van der Waals surface area contributed by atoms with Crippen LogP contribution in [0.1, 0.15) is 35.9 Å². The first-order valence-electron chi connectivity index (χ1n) is 7.89. The number of rotatable bonds is 4. The van der Waals surface area contributed by atoms with Gasteiger partial charge in [-0.1, -0.05) is 23.7 Å². The van der Waals surface area contributed by atoms with Gasteiger partial charge >= 0.3 is 0 Å². The van der Waals surface area contributed by atoms with Gasteiger partial charge in [-0.15, -0.1) is 11.3 Å². The number of amides is 1. The summed E-state index contributed by atoms with van der Waals surface area (Å²) in [4.78, 5) is 16.5. The Morgan fingerprint density at radius 2 is 2.00 bits per heavy atom. The van der Waals surface area contributed by atoms with Crippen LogP contribution in [-0.2, 0) is 17.8 Å². The lowest BCUT2D eigenvalue weighted by atomic mass is 10.00. The minimum atomic E-state index is -0.275. The van der Waals surface area contributed by atoms with Crippen LogP contribution in [0.25, 0.3) is 0 Å². The Balaban J connectivity index is 1.89. The monoisotopic (exact) mass is 348 g/mol. The van der Waals surface area contributed by atoms with Crippen molar-refractivity contribution in [2.75, 3.05) is 6.54 Å². The Kier molecular flexibility index (Phi) is 5.05. The second-order valence-corrected chi connectivity index (χ2v) is 7.64. The first kappa shape index (κ1) is 16.5. The van der Waals surface area contributed by atoms with Gasteiger partial charge in [0.1, 0.15) is 6.04 Å². The number of carbonyl (C=O) groups is 1.